The van der Waals surface area contributed by atoms with Crippen LogP contribution in [-0.4, -0.2) is 48.5 Å². The van der Waals surface area contributed by atoms with Crippen molar-refractivity contribution in [2.75, 3.05) is 26.7 Å². The smallest absolute Gasteiger partial charge is 0.325 e. The molecule has 1 fully saturated rings. The Labute approximate surface area is 143 Å². The zero-order valence-electron chi connectivity index (χ0n) is 14.1. The molecule has 1 saturated heterocycles. The minimum atomic E-state index is -0.215. The number of esters is 1. The highest BCUT2D eigenvalue weighted by atomic mass is 16.5. The van der Waals surface area contributed by atoms with Crippen LogP contribution >= 0.6 is 0 Å². The zero-order valence-corrected chi connectivity index (χ0v) is 14.1. The van der Waals surface area contributed by atoms with E-state index in [9.17, 15) is 4.79 Å². The molecular weight excluding hydrogens is 300 g/mol. The normalized spacial score (nSPS) is 19.1. The first-order chi connectivity index (χ1) is 11.7. The summed E-state index contributed by atoms with van der Waals surface area (Å²) in [6.07, 6.45) is 0. The van der Waals surface area contributed by atoms with Crippen molar-refractivity contribution in [2.45, 2.75) is 19.2 Å². The van der Waals surface area contributed by atoms with E-state index in [1.807, 2.05) is 48.5 Å². The summed E-state index contributed by atoms with van der Waals surface area (Å²) in [5, 5.41) is 0. The number of ether oxygens (including phenoxy) is 1. The van der Waals surface area contributed by atoms with E-state index in [0.717, 1.165) is 25.2 Å². The van der Waals surface area contributed by atoms with E-state index in [1.54, 1.807) is 0 Å². The van der Waals surface area contributed by atoms with Crippen LogP contribution in [0.15, 0.2) is 60.7 Å². The first-order valence-electron chi connectivity index (χ1n) is 8.39. The van der Waals surface area contributed by atoms with Crippen LogP contribution in [0.4, 0.5) is 0 Å². The van der Waals surface area contributed by atoms with Gasteiger partial charge in [-0.05, 0) is 18.2 Å². The molecule has 0 spiro atoms. The van der Waals surface area contributed by atoms with Gasteiger partial charge in [0.25, 0.3) is 0 Å². The molecule has 1 heterocycles. The maximum absolute atomic E-state index is 12.6. The van der Waals surface area contributed by atoms with Crippen LogP contribution in [0, 0.1) is 0 Å². The number of benzene rings is 2. The Balaban J connectivity index is 1.63. The molecule has 0 saturated carbocycles. The van der Waals surface area contributed by atoms with Crippen LogP contribution in [0.2, 0.25) is 0 Å². The van der Waals surface area contributed by atoms with E-state index in [1.165, 1.54) is 5.56 Å². The van der Waals surface area contributed by atoms with Crippen LogP contribution in [0.1, 0.15) is 11.1 Å². The molecule has 1 aliphatic rings. The maximum atomic E-state index is 12.6. The van der Waals surface area contributed by atoms with Gasteiger partial charge in [-0.2, -0.15) is 0 Å². The zero-order chi connectivity index (χ0) is 16.8. The lowest BCUT2D eigenvalue weighted by atomic mass is 10.1. The van der Waals surface area contributed by atoms with Gasteiger partial charge < -0.3 is 9.64 Å². The fourth-order valence-electron chi connectivity index (χ4n) is 3.01. The lowest BCUT2D eigenvalue weighted by molar-refractivity contribution is -0.154. The molecule has 0 radical (unpaired) electrons. The van der Waals surface area contributed by atoms with E-state index in [-0.39, 0.29) is 12.0 Å². The van der Waals surface area contributed by atoms with Crippen LogP contribution in [0.5, 0.6) is 0 Å². The van der Waals surface area contributed by atoms with Gasteiger partial charge >= 0.3 is 5.97 Å². The third kappa shape index (κ3) is 4.43. The van der Waals surface area contributed by atoms with E-state index in [2.05, 4.69) is 29.0 Å². The van der Waals surface area contributed by atoms with Crippen LogP contribution in [0.3, 0.4) is 0 Å². The van der Waals surface area contributed by atoms with Gasteiger partial charge in [0, 0.05) is 26.2 Å². The minimum Gasteiger partial charge on any atom is -0.460 e. The molecule has 1 aliphatic heterocycles. The number of piperazine rings is 1. The fourth-order valence-corrected chi connectivity index (χ4v) is 3.01. The first kappa shape index (κ1) is 16.7. The molecule has 0 N–H and O–H groups in total. The van der Waals surface area contributed by atoms with Crippen molar-refractivity contribution in [1.29, 1.82) is 0 Å². The summed E-state index contributed by atoms with van der Waals surface area (Å²) < 4.78 is 5.58. The molecular formula is C20H24N2O2. The predicted molar refractivity (Wildman–Crippen MR) is 94.4 cm³/mol. The molecule has 4 heteroatoms. The van der Waals surface area contributed by atoms with Crippen molar-refractivity contribution >= 4 is 5.97 Å². The fraction of sp³-hybridized carbons (Fsp3) is 0.350. The van der Waals surface area contributed by atoms with E-state index in [0.29, 0.717) is 13.2 Å². The second kappa shape index (κ2) is 8.08. The number of nitrogens with zero attached hydrogens (tertiary/aromatic N) is 2. The summed E-state index contributed by atoms with van der Waals surface area (Å²) in [6, 6.07) is 19.9. The highest BCUT2D eigenvalue weighted by molar-refractivity contribution is 5.76. The van der Waals surface area contributed by atoms with Gasteiger partial charge in [0.2, 0.25) is 0 Å². The highest BCUT2D eigenvalue weighted by Gasteiger charge is 2.32. The van der Waals surface area contributed by atoms with E-state index in [4.69, 9.17) is 4.74 Å². The molecule has 24 heavy (non-hydrogen) atoms. The molecule has 2 aromatic carbocycles. The van der Waals surface area contributed by atoms with Crippen molar-refractivity contribution in [3.63, 3.8) is 0 Å². The number of hydrogen-bond donors (Lipinski definition) is 0. The lowest BCUT2D eigenvalue weighted by Gasteiger charge is -2.38. The Kier molecular flexibility index (Phi) is 5.62. The number of carbonyl (C=O) groups is 1. The molecule has 0 aliphatic carbocycles. The number of carbonyl (C=O) groups excluding carboxylic acids is 1. The van der Waals surface area contributed by atoms with Gasteiger partial charge in [-0.25, -0.2) is 0 Å². The van der Waals surface area contributed by atoms with Gasteiger partial charge in [-0.3, -0.25) is 9.69 Å². The summed E-state index contributed by atoms with van der Waals surface area (Å²) in [5.74, 6) is -0.138. The van der Waals surface area contributed by atoms with Gasteiger partial charge in [-0.1, -0.05) is 60.7 Å². The average Bonchev–Trinajstić information content (AvgIpc) is 2.63. The van der Waals surface area contributed by atoms with Crippen molar-refractivity contribution in [2.24, 2.45) is 0 Å². The first-order valence-corrected chi connectivity index (χ1v) is 8.39. The third-order valence-electron chi connectivity index (χ3n) is 4.42. The largest absolute Gasteiger partial charge is 0.460 e. The SMILES string of the molecule is CN1CCN(Cc2ccccc2)[C@@H](C(=O)OCc2ccccc2)C1. The Hall–Kier alpha value is -2.17. The van der Waals surface area contributed by atoms with Crippen LogP contribution in [-0.2, 0) is 22.7 Å². The van der Waals surface area contributed by atoms with E-state index < -0.39 is 0 Å². The van der Waals surface area contributed by atoms with Crippen molar-refractivity contribution in [3.8, 4) is 0 Å². The summed E-state index contributed by atoms with van der Waals surface area (Å²) in [6.45, 7) is 3.66. The molecule has 0 unspecified atom stereocenters. The molecule has 0 aromatic heterocycles. The van der Waals surface area contributed by atoms with Gasteiger partial charge in [0.05, 0.1) is 0 Å². The molecule has 3 rings (SSSR count). The predicted octanol–water partition coefficient (Wildman–Crippen LogP) is 2.55. The maximum Gasteiger partial charge on any atom is 0.325 e. The summed E-state index contributed by atoms with van der Waals surface area (Å²) in [4.78, 5) is 17.0. The van der Waals surface area contributed by atoms with Crippen LogP contribution in [0.25, 0.3) is 0 Å². The number of hydrogen-bond acceptors (Lipinski definition) is 4. The standard InChI is InChI=1S/C20H24N2O2/c1-21-12-13-22(14-17-8-4-2-5-9-17)19(15-21)20(23)24-16-18-10-6-3-7-11-18/h2-11,19H,12-16H2,1H3/t19-/m1/s1. The van der Waals surface area contributed by atoms with Gasteiger partial charge in [0.1, 0.15) is 12.6 Å². The Morgan fingerprint density at radius 2 is 1.62 bits per heavy atom. The second-order valence-corrected chi connectivity index (χ2v) is 6.33. The summed E-state index contributed by atoms with van der Waals surface area (Å²) in [7, 11) is 2.05. The molecule has 4 nitrogen and oxygen atoms in total. The van der Waals surface area contributed by atoms with E-state index >= 15 is 0 Å². The topological polar surface area (TPSA) is 32.8 Å². The quantitative estimate of drug-likeness (QED) is 0.792. The summed E-state index contributed by atoms with van der Waals surface area (Å²) >= 11 is 0. The van der Waals surface area contributed by atoms with Crippen molar-refractivity contribution in [3.05, 3.63) is 71.8 Å². The molecule has 1 atom stereocenters. The molecule has 0 bridgehead atoms. The molecule has 126 valence electrons. The second-order valence-electron chi connectivity index (χ2n) is 6.33. The average molecular weight is 324 g/mol. The molecule has 0 amide bonds. The minimum absolute atomic E-state index is 0.138. The summed E-state index contributed by atoms with van der Waals surface area (Å²) in [5.41, 5.74) is 2.24. The number of rotatable bonds is 5. The Morgan fingerprint density at radius 1 is 1.00 bits per heavy atom. The van der Waals surface area contributed by atoms with Crippen LogP contribution < -0.4 is 0 Å². The van der Waals surface area contributed by atoms with Crippen molar-refractivity contribution < 1.29 is 9.53 Å². The number of likely N-dealkylation sites (N-methyl/N-ethyl adjacent to an activating group) is 1. The third-order valence-corrected chi connectivity index (χ3v) is 4.42. The highest BCUT2D eigenvalue weighted by Crippen LogP contribution is 2.15. The Bertz CT molecular complexity index is 645. The molecule has 2 aromatic rings. The lowest BCUT2D eigenvalue weighted by Crippen LogP contribution is -2.55. The van der Waals surface area contributed by atoms with Gasteiger partial charge in [-0.15, -0.1) is 0 Å². The monoisotopic (exact) mass is 324 g/mol. The van der Waals surface area contributed by atoms with Crippen molar-refractivity contribution in [1.82, 2.24) is 9.80 Å². The Morgan fingerprint density at radius 3 is 2.29 bits per heavy atom. The van der Waals surface area contributed by atoms with Gasteiger partial charge in [0.15, 0.2) is 0 Å².